The third kappa shape index (κ3) is 4.05. The summed E-state index contributed by atoms with van der Waals surface area (Å²) >= 11 is 0. The molecule has 1 aromatic carbocycles. The summed E-state index contributed by atoms with van der Waals surface area (Å²) < 4.78 is 0. The third-order valence-electron chi connectivity index (χ3n) is 4.65. The second kappa shape index (κ2) is 7.06. The zero-order chi connectivity index (χ0) is 13.7. The van der Waals surface area contributed by atoms with Crippen molar-refractivity contribution in [2.45, 2.75) is 58.2 Å². The van der Waals surface area contributed by atoms with Gasteiger partial charge in [0.05, 0.1) is 6.61 Å². The highest BCUT2D eigenvalue weighted by Gasteiger charge is 2.22. The first-order valence-electron chi connectivity index (χ1n) is 7.61. The van der Waals surface area contributed by atoms with Crippen molar-refractivity contribution in [3.05, 3.63) is 35.4 Å². The summed E-state index contributed by atoms with van der Waals surface area (Å²) in [6, 6.07) is 9.08. The quantitative estimate of drug-likeness (QED) is 0.875. The van der Waals surface area contributed by atoms with E-state index < -0.39 is 0 Å². The molecule has 0 aliphatic heterocycles. The van der Waals surface area contributed by atoms with Gasteiger partial charge in [-0.1, -0.05) is 37.6 Å². The molecule has 0 saturated heterocycles. The molecule has 2 heteroatoms. The number of hydrogen-bond acceptors (Lipinski definition) is 2. The molecular weight excluding hydrogens is 234 g/mol. The topological polar surface area (TPSA) is 23.5 Å². The lowest BCUT2D eigenvalue weighted by molar-refractivity contribution is 0.157. The van der Waals surface area contributed by atoms with Crippen LogP contribution in [0, 0.1) is 5.92 Å². The van der Waals surface area contributed by atoms with Crippen molar-refractivity contribution in [3.63, 3.8) is 0 Å². The van der Waals surface area contributed by atoms with Crippen LogP contribution in [0.3, 0.4) is 0 Å². The Bertz CT molecular complexity index is 365. The molecule has 1 N–H and O–H groups in total. The van der Waals surface area contributed by atoms with Gasteiger partial charge in [-0.05, 0) is 49.8 Å². The molecule has 0 spiro atoms. The molecule has 106 valence electrons. The van der Waals surface area contributed by atoms with E-state index in [4.69, 9.17) is 5.11 Å². The number of aliphatic hydroxyl groups excluding tert-OH is 1. The highest BCUT2D eigenvalue weighted by molar-refractivity contribution is 5.21. The van der Waals surface area contributed by atoms with Crippen LogP contribution in [0.1, 0.15) is 50.2 Å². The number of hydrogen-bond donors (Lipinski definition) is 1. The van der Waals surface area contributed by atoms with E-state index in [0.29, 0.717) is 0 Å². The molecule has 1 aliphatic rings. The predicted octanol–water partition coefficient (Wildman–Crippen LogP) is 3.58. The van der Waals surface area contributed by atoms with Gasteiger partial charge in [0.25, 0.3) is 0 Å². The monoisotopic (exact) mass is 261 g/mol. The van der Waals surface area contributed by atoms with Gasteiger partial charge in [0.1, 0.15) is 0 Å². The van der Waals surface area contributed by atoms with E-state index in [1.807, 2.05) is 12.1 Å². The molecule has 0 unspecified atom stereocenters. The summed E-state index contributed by atoms with van der Waals surface area (Å²) in [5, 5.41) is 9.05. The van der Waals surface area contributed by atoms with Gasteiger partial charge in [-0.25, -0.2) is 0 Å². The van der Waals surface area contributed by atoms with E-state index in [1.165, 1.54) is 37.7 Å². The Balaban J connectivity index is 1.84. The fourth-order valence-corrected chi connectivity index (χ4v) is 3.16. The maximum Gasteiger partial charge on any atom is 0.0681 e. The van der Waals surface area contributed by atoms with Crippen LogP contribution in [0.2, 0.25) is 0 Å². The maximum atomic E-state index is 9.05. The van der Waals surface area contributed by atoms with E-state index in [9.17, 15) is 0 Å². The highest BCUT2D eigenvalue weighted by Crippen LogP contribution is 2.29. The van der Waals surface area contributed by atoms with Gasteiger partial charge in [0.15, 0.2) is 0 Å². The van der Waals surface area contributed by atoms with Gasteiger partial charge in [0.2, 0.25) is 0 Å². The molecule has 1 aromatic rings. The third-order valence-corrected chi connectivity index (χ3v) is 4.65. The molecule has 1 fully saturated rings. The van der Waals surface area contributed by atoms with Gasteiger partial charge in [-0.15, -0.1) is 0 Å². The molecule has 0 atom stereocenters. The lowest BCUT2D eigenvalue weighted by Gasteiger charge is -2.34. The molecule has 1 saturated carbocycles. The first-order chi connectivity index (χ1) is 9.22. The SMILES string of the molecule is CCC1CCC(N(C)Cc2ccc(CO)cc2)CC1. The molecule has 1 aliphatic carbocycles. The molecule has 19 heavy (non-hydrogen) atoms. The van der Waals surface area contributed by atoms with Crippen LogP contribution in [0.25, 0.3) is 0 Å². The summed E-state index contributed by atoms with van der Waals surface area (Å²) in [5.74, 6) is 0.966. The molecule has 0 bridgehead atoms. The van der Waals surface area contributed by atoms with Crippen molar-refractivity contribution < 1.29 is 5.11 Å². The van der Waals surface area contributed by atoms with Gasteiger partial charge in [-0.3, -0.25) is 4.90 Å². The largest absolute Gasteiger partial charge is 0.392 e. The summed E-state index contributed by atoms with van der Waals surface area (Å²) in [6.45, 7) is 3.47. The van der Waals surface area contributed by atoms with Crippen LogP contribution in [0.4, 0.5) is 0 Å². The van der Waals surface area contributed by atoms with E-state index in [1.54, 1.807) is 0 Å². The Morgan fingerprint density at radius 3 is 2.16 bits per heavy atom. The lowest BCUT2D eigenvalue weighted by atomic mass is 9.84. The van der Waals surface area contributed by atoms with Crippen LogP contribution in [-0.2, 0) is 13.2 Å². The van der Waals surface area contributed by atoms with E-state index in [2.05, 4.69) is 31.0 Å². The number of nitrogens with zero attached hydrogens (tertiary/aromatic N) is 1. The molecule has 2 nitrogen and oxygen atoms in total. The van der Waals surface area contributed by atoms with Crippen molar-refractivity contribution in [1.29, 1.82) is 0 Å². The fourth-order valence-electron chi connectivity index (χ4n) is 3.16. The first-order valence-corrected chi connectivity index (χ1v) is 7.61. The van der Waals surface area contributed by atoms with Crippen LogP contribution in [0.15, 0.2) is 24.3 Å². The Kier molecular flexibility index (Phi) is 5.41. The molecule has 2 rings (SSSR count). The Morgan fingerprint density at radius 2 is 1.63 bits per heavy atom. The number of rotatable bonds is 5. The van der Waals surface area contributed by atoms with Crippen LogP contribution in [0.5, 0.6) is 0 Å². The molecule has 0 radical (unpaired) electrons. The average molecular weight is 261 g/mol. The van der Waals surface area contributed by atoms with Crippen molar-refractivity contribution in [2.75, 3.05) is 7.05 Å². The highest BCUT2D eigenvalue weighted by atomic mass is 16.3. The summed E-state index contributed by atoms with van der Waals surface area (Å²) in [4.78, 5) is 2.50. The minimum atomic E-state index is 0.136. The van der Waals surface area contributed by atoms with Crippen LogP contribution in [-0.4, -0.2) is 23.1 Å². The first kappa shape index (κ1) is 14.5. The number of benzene rings is 1. The molecule has 0 heterocycles. The van der Waals surface area contributed by atoms with Crippen molar-refractivity contribution >= 4 is 0 Å². The Morgan fingerprint density at radius 1 is 1.05 bits per heavy atom. The molecule has 0 aromatic heterocycles. The van der Waals surface area contributed by atoms with Gasteiger partial charge >= 0.3 is 0 Å². The second-order valence-corrected chi connectivity index (χ2v) is 5.97. The van der Waals surface area contributed by atoms with Crippen LogP contribution >= 0.6 is 0 Å². The second-order valence-electron chi connectivity index (χ2n) is 5.97. The maximum absolute atomic E-state index is 9.05. The minimum Gasteiger partial charge on any atom is -0.392 e. The standard InChI is InChI=1S/C17H27NO/c1-3-14-8-10-17(11-9-14)18(2)12-15-4-6-16(13-19)7-5-15/h4-7,14,17,19H,3,8-13H2,1-2H3. The number of aliphatic hydroxyl groups is 1. The van der Waals surface area contributed by atoms with Crippen molar-refractivity contribution in [3.8, 4) is 0 Å². The van der Waals surface area contributed by atoms with Gasteiger partial charge in [-0.2, -0.15) is 0 Å². The summed E-state index contributed by atoms with van der Waals surface area (Å²) in [7, 11) is 2.25. The van der Waals surface area contributed by atoms with E-state index in [0.717, 1.165) is 24.1 Å². The summed E-state index contributed by atoms with van der Waals surface area (Å²) in [5.41, 5.74) is 2.34. The van der Waals surface area contributed by atoms with Crippen molar-refractivity contribution in [2.24, 2.45) is 5.92 Å². The van der Waals surface area contributed by atoms with E-state index >= 15 is 0 Å². The molecular formula is C17H27NO. The lowest BCUT2D eigenvalue weighted by Crippen LogP contribution is -2.34. The van der Waals surface area contributed by atoms with E-state index in [-0.39, 0.29) is 6.61 Å². The Hall–Kier alpha value is -0.860. The average Bonchev–Trinajstić information content (AvgIpc) is 2.48. The van der Waals surface area contributed by atoms with Gasteiger partial charge in [0, 0.05) is 12.6 Å². The smallest absolute Gasteiger partial charge is 0.0681 e. The molecule has 0 amide bonds. The normalized spacial score (nSPS) is 23.8. The Labute approximate surface area is 117 Å². The minimum absolute atomic E-state index is 0.136. The van der Waals surface area contributed by atoms with Crippen molar-refractivity contribution in [1.82, 2.24) is 4.90 Å². The zero-order valence-electron chi connectivity index (χ0n) is 12.3. The van der Waals surface area contributed by atoms with Gasteiger partial charge < -0.3 is 5.11 Å². The predicted molar refractivity (Wildman–Crippen MR) is 79.9 cm³/mol. The fraction of sp³-hybridized carbons (Fsp3) is 0.647. The van der Waals surface area contributed by atoms with Crippen LogP contribution < -0.4 is 0 Å². The summed E-state index contributed by atoms with van der Waals surface area (Å²) in [6.07, 6.45) is 6.84. The zero-order valence-corrected chi connectivity index (χ0v) is 12.3.